The fraction of sp³-hybridized carbons (Fsp3) is 0.611. The van der Waals surface area contributed by atoms with Crippen LogP contribution in [0.2, 0.25) is 5.02 Å². The molecular formula is C18H26ClN3O. The summed E-state index contributed by atoms with van der Waals surface area (Å²) < 4.78 is 0. The molecule has 0 N–H and O–H groups in total. The molecule has 1 aromatic rings. The second-order valence-electron chi connectivity index (χ2n) is 6.65. The topological polar surface area (TPSA) is 26.8 Å². The summed E-state index contributed by atoms with van der Waals surface area (Å²) in [7, 11) is 0. The maximum absolute atomic E-state index is 12.5. The van der Waals surface area contributed by atoms with Crippen LogP contribution < -0.4 is 4.90 Å². The monoisotopic (exact) mass is 335 g/mol. The van der Waals surface area contributed by atoms with Gasteiger partial charge in [0.1, 0.15) is 0 Å². The van der Waals surface area contributed by atoms with E-state index in [2.05, 4.69) is 27.7 Å². The standard InChI is InChI=1S/C18H26ClN3O/c1-15-6-4-5-9-22(15)18(23)14-20-10-12-21(13-11-20)17-8-3-2-7-16(17)19/h2-3,7-8,15H,4-6,9-14H2,1H3. The Morgan fingerprint density at radius 3 is 2.57 bits per heavy atom. The summed E-state index contributed by atoms with van der Waals surface area (Å²) in [6, 6.07) is 8.39. The number of anilines is 1. The normalized spacial score (nSPS) is 23.1. The maximum atomic E-state index is 12.5. The molecular weight excluding hydrogens is 310 g/mol. The number of para-hydroxylation sites is 1. The van der Waals surface area contributed by atoms with Crippen molar-refractivity contribution < 1.29 is 4.79 Å². The first-order valence-corrected chi connectivity index (χ1v) is 9.04. The molecule has 1 amide bonds. The summed E-state index contributed by atoms with van der Waals surface area (Å²) >= 11 is 6.28. The van der Waals surface area contributed by atoms with Crippen molar-refractivity contribution in [2.45, 2.75) is 32.2 Å². The highest BCUT2D eigenvalue weighted by Gasteiger charge is 2.26. The van der Waals surface area contributed by atoms with Crippen LogP contribution in [0, 0.1) is 0 Å². The average Bonchev–Trinajstić information content (AvgIpc) is 2.56. The number of likely N-dealkylation sites (tertiary alicyclic amines) is 1. The number of nitrogens with zero attached hydrogens (tertiary/aromatic N) is 3. The van der Waals surface area contributed by atoms with Crippen LogP contribution in [0.25, 0.3) is 0 Å². The molecule has 0 bridgehead atoms. The lowest BCUT2D eigenvalue weighted by Gasteiger charge is -2.38. The van der Waals surface area contributed by atoms with Crippen LogP contribution in [0.15, 0.2) is 24.3 Å². The Kier molecular flexibility index (Phi) is 5.44. The Morgan fingerprint density at radius 2 is 1.87 bits per heavy atom. The van der Waals surface area contributed by atoms with Gasteiger partial charge in [-0.3, -0.25) is 9.69 Å². The van der Waals surface area contributed by atoms with Gasteiger partial charge in [-0.1, -0.05) is 23.7 Å². The van der Waals surface area contributed by atoms with E-state index in [4.69, 9.17) is 11.6 Å². The third-order valence-electron chi connectivity index (χ3n) is 5.05. The summed E-state index contributed by atoms with van der Waals surface area (Å²) in [4.78, 5) is 19.2. The van der Waals surface area contributed by atoms with Gasteiger partial charge in [-0.25, -0.2) is 0 Å². The molecule has 23 heavy (non-hydrogen) atoms. The minimum atomic E-state index is 0.295. The van der Waals surface area contributed by atoms with Gasteiger partial charge in [0.2, 0.25) is 5.91 Å². The van der Waals surface area contributed by atoms with Crippen LogP contribution in [0.4, 0.5) is 5.69 Å². The van der Waals surface area contributed by atoms with E-state index in [1.165, 1.54) is 6.42 Å². The molecule has 2 aliphatic heterocycles. The van der Waals surface area contributed by atoms with Gasteiger partial charge in [-0.05, 0) is 38.3 Å². The first-order chi connectivity index (χ1) is 11.1. The average molecular weight is 336 g/mol. The van der Waals surface area contributed by atoms with Crippen molar-refractivity contribution in [3.05, 3.63) is 29.3 Å². The predicted molar refractivity (Wildman–Crippen MR) is 95.1 cm³/mol. The minimum absolute atomic E-state index is 0.295. The zero-order valence-corrected chi connectivity index (χ0v) is 14.6. The van der Waals surface area contributed by atoms with Gasteiger partial charge < -0.3 is 9.80 Å². The summed E-state index contributed by atoms with van der Waals surface area (Å²) in [5.74, 6) is 0.295. The second-order valence-corrected chi connectivity index (χ2v) is 7.05. The van der Waals surface area contributed by atoms with Crippen LogP contribution >= 0.6 is 11.6 Å². The van der Waals surface area contributed by atoms with Gasteiger partial charge >= 0.3 is 0 Å². The molecule has 4 nitrogen and oxygen atoms in total. The number of carbonyl (C=O) groups is 1. The highest BCUT2D eigenvalue weighted by atomic mass is 35.5. The molecule has 1 unspecified atom stereocenters. The smallest absolute Gasteiger partial charge is 0.236 e. The predicted octanol–water partition coefficient (Wildman–Crippen LogP) is 2.86. The molecule has 5 heteroatoms. The second kappa shape index (κ2) is 7.54. The van der Waals surface area contributed by atoms with Crippen molar-refractivity contribution in [3.63, 3.8) is 0 Å². The van der Waals surface area contributed by atoms with Gasteiger partial charge in [0.05, 0.1) is 17.3 Å². The van der Waals surface area contributed by atoms with E-state index in [1.54, 1.807) is 0 Å². The molecule has 0 radical (unpaired) electrons. The lowest BCUT2D eigenvalue weighted by molar-refractivity contribution is -0.135. The van der Waals surface area contributed by atoms with Gasteiger partial charge in [0.15, 0.2) is 0 Å². The Hall–Kier alpha value is -1.26. The summed E-state index contributed by atoms with van der Waals surface area (Å²) in [6.45, 7) is 7.34. The number of piperazine rings is 1. The molecule has 126 valence electrons. The lowest BCUT2D eigenvalue weighted by Crippen LogP contribution is -2.52. The van der Waals surface area contributed by atoms with Crippen molar-refractivity contribution in [1.82, 2.24) is 9.80 Å². The van der Waals surface area contributed by atoms with E-state index in [-0.39, 0.29) is 0 Å². The fourth-order valence-corrected chi connectivity index (χ4v) is 3.86. The lowest BCUT2D eigenvalue weighted by atomic mass is 10.0. The fourth-order valence-electron chi connectivity index (χ4n) is 3.61. The highest BCUT2D eigenvalue weighted by Crippen LogP contribution is 2.26. The molecule has 2 aliphatic rings. The van der Waals surface area contributed by atoms with Crippen LogP contribution in [0.3, 0.4) is 0 Å². The molecule has 2 saturated heterocycles. The largest absolute Gasteiger partial charge is 0.368 e. The number of hydrogen-bond donors (Lipinski definition) is 0. The van der Waals surface area contributed by atoms with Crippen molar-refractivity contribution in [3.8, 4) is 0 Å². The van der Waals surface area contributed by atoms with Gasteiger partial charge in [-0.15, -0.1) is 0 Å². The molecule has 0 aromatic heterocycles. The van der Waals surface area contributed by atoms with Gasteiger partial charge in [0.25, 0.3) is 0 Å². The third-order valence-corrected chi connectivity index (χ3v) is 5.37. The van der Waals surface area contributed by atoms with Crippen molar-refractivity contribution >= 4 is 23.2 Å². The van der Waals surface area contributed by atoms with E-state index in [9.17, 15) is 4.79 Å². The SMILES string of the molecule is CC1CCCCN1C(=O)CN1CCN(c2ccccc2Cl)CC1. The number of benzene rings is 1. The van der Waals surface area contributed by atoms with Crippen LogP contribution in [0.1, 0.15) is 26.2 Å². The molecule has 2 fully saturated rings. The van der Waals surface area contributed by atoms with Crippen molar-refractivity contribution in [2.24, 2.45) is 0 Å². The van der Waals surface area contributed by atoms with Crippen molar-refractivity contribution in [2.75, 3.05) is 44.2 Å². The van der Waals surface area contributed by atoms with E-state index < -0.39 is 0 Å². The maximum Gasteiger partial charge on any atom is 0.236 e. The van der Waals surface area contributed by atoms with Gasteiger partial charge in [-0.2, -0.15) is 0 Å². The van der Waals surface area contributed by atoms with Gasteiger partial charge in [0, 0.05) is 38.8 Å². The van der Waals surface area contributed by atoms with E-state index >= 15 is 0 Å². The summed E-state index contributed by atoms with van der Waals surface area (Å²) in [5.41, 5.74) is 1.10. The number of piperidine rings is 1. The molecule has 2 heterocycles. The van der Waals surface area contributed by atoms with E-state index in [0.717, 1.165) is 56.3 Å². The zero-order valence-electron chi connectivity index (χ0n) is 13.9. The Balaban J connectivity index is 1.51. The van der Waals surface area contributed by atoms with Crippen molar-refractivity contribution in [1.29, 1.82) is 0 Å². The summed E-state index contributed by atoms with van der Waals surface area (Å²) in [6.07, 6.45) is 3.55. The number of carbonyl (C=O) groups excluding carboxylic acids is 1. The van der Waals surface area contributed by atoms with Crippen LogP contribution in [0.5, 0.6) is 0 Å². The molecule has 0 spiro atoms. The molecule has 1 aromatic carbocycles. The van der Waals surface area contributed by atoms with Crippen LogP contribution in [-0.2, 0) is 4.79 Å². The number of amides is 1. The Morgan fingerprint density at radius 1 is 1.13 bits per heavy atom. The molecule has 1 atom stereocenters. The Labute approximate surface area is 144 Å². The molecule has 0 aliphatic carbocycles. The number of rotatable bonds is 3. The first kappa shape index (κ1) is 16.6. The summed E-state index contributed by atoms with van der Waals surface area (Å²) in [5, 5.41) is 0.805. The third kappa shape index (κ3) is 3.99. The first-order valence-electron chi connectivity index (χ1n) is 8.66. The molecule has 3 rings (SSSR count). The minimum Gasteiger partial charge on any atom is -0.368 e. The number of halogens is 1. The van der Waals surface area contributed by atoms with E-state index in [0.29, 0.717) is 18.5 Å². The quantitative estimate of drug-likeness (QED) is 0.850. The zero-order chi connectivity index (χ0) is 16.2. The number of hydrogen-bond acceptors (Lipinski definition) is 3. The Bertz CT molecular complexity index is 543. The highest BCUT2D eigenvalue weighted by molar-refractivity contribution is 6.33. The van der Waals surface area contributed by atoms with E-state index in [1.807, 2.05) is 18.2 Å². The van der Waals surface area contributed by atoms with Crippen LogP contribution in [-0.4, -0.2) is 61.0 Å². The molecule has 0 saturated carbocycles.